The maximum atomic E-state index is 11.9. The fourth-order valence-corrected chi connectivity index (χ4v) is 2.13. The molecule has 0 bridgehead atoms. The van der Waals surface area contributed by atoms with Gasteiger partial charge in [-0.25, -0.2) is 0 Å². The van der Waals surface area contributed by atoms with Crippen LogP contribution in [0.15, 0.2) is 23.3 Å². The molecule has 0 saturated carbocycles. The first-order valence-corrected chi connectivity index (χ1v) is 7.01. The SMILES string of the molecule is CCOC(=O)C(CC)Cc1ccc(OC)c(CN=[N+]=N)c1. The van der Waals surface area contributed by atoms with Crippen LogP contribution < -0.4 is 9.65 Å². The van der Waals surface area contributed by atoms with Crippen LogP contribution in [0, 0.1) is 11.4 Å². The highest BCUT2D eigenvalue weighted by Gasteiger charge is 2.19. The van der Waals surface area contributed by atoms with E-state index in [9.17, 15) is 4.79 Å². The van der Waals surface area contributed by atoms with E-state index in [1.807, 2.05) is 32.0 Å². The highest BCUT2D eigenvalue weighted by molar-refractivity contribution is 5.72. The molecule has 1 N–H and O–H groups in total. The van der Waals surface area contributed by atoms with Crippen molar-refractivity contribution in [1.29, 1.82) is 5.53 Å². The van der Waals surface area contributed by atoms with Crippen molar-refractivity contribution in [1.82, 2.24) is 4.91 Å². The zero-order valence-electron chi connectivity index (χ0n) is 12.8. The van der Waals surface area contributed by atoms with E-state index < -0.39 is 0 Å². The average Bonchev–Trinajstić information content (AvgIpc) is 2.50. The second kappa shape index (κ2) is 8.87. The normalized spacial score (nSPS) is 11.4. The number of rotatable bonds is 8. The van der Waals surface area contributed by atoms with Gasteiger partial charge >= 0.3 is 5.97 Å². The van der Waals surface area contributed by atoms with E-state index in [1.54, 1.807) is 7.11 Å². The van der Waals surface area contributed by atoms with Gasteiger partial charge in [-0.05, 0) is 37.5 Å². The Morgan fingerprint density at radius 3 is 2.76 bits per heavy atom. The third kappa shape index (κ3) is 5.00. The van der Waals surface area contributed by atoms with Crippen molar-refractivity contribution in [3.8, 4) is 5.75 Å². The third-order valence-electron chi connectivity index (χ3n) is 3.25. The molecule has 1 atom stereocenters. The lowest BCUT2D eigenvalue weighted by atomic mass is 9.95. The van der Waals surface area contributed by atoms with Gasteiger partial charge in [0.2, 0.25) is 4.91 Å². The first kappa shape index (κ1) is 16.9. The lowest BCUT2D eigenvalue weighted by Gasteiger charge is -2.14. The second-order valence-corrected chi connectivity index (χ2v) is 4.61. The Morgan fingerprint density at radius 2 is 2.19 bits per heavy atom. The van der Waals surface area contributed by atoms with Crippen LogP contribution in [0.25, 0.3) is 0 Å². The minimum absolute atomic E-state index is 0.149. The topological polar surface area (TPSA) is 85.8 Å². The van der Waals surface area contributed by atoms with E-state index >= 15 is 0 Å². The standard InChI is InChI=1S/C15H22N3O3/c1-4-12(15(19)21-5-2)8-11-6-7-14(20-3)13(9-11)10-17-18-16/h6-7,9,12,16H,4-5,8,10H2,1-3H3/q+1. The number of nitrogens with zero attached hydrogens (tertiary/aromatic N) is 2. The van der Waals surface area contributed by atoms with Crippen LogP contribution in [0.1, 0.15) is 31.4 Å². The van der Waals surface area contributed by atoms with Crippen LogP contribution >= 0.6 is 0 Å². The summed E-state index contributed by atoms with van der Waals surface area (Å²) in [6, 6.07) is 5.72. The number of nitrogens with one attached hydrogen (secondary N) is 1. The Morgan fingerprint density at radius 1 is 1.43 bits per heavy atom. The summed E-state index contributed by atoms with van der Waals surface area (Å²) in [4.78, 5) is 14.9. The highest BCUT2D eigenvalue weighted by atomic mass is 16.5. The molecule has 1 aromatic carbocycles. The Balaban J connectivity index is 2.91. The van der Waals surface area contributed by atoms with Crippen molar-refractivity contribution >= 4 is 5.97 Å². The second-order valence-electron chi connectivity index (χ2n) is 4.61. The minimum atomic E-state index is -0.164. The van der Waals surface area contributed by atoms with Crippen molar-refractivity contribution in [3.05, 3.63) is 29.3 Å². The summed E-state index contributed by atoms with van der Waals surface area (Å²) in [5, 5.41) is 3.68. The smallest absolute Gasteiger partial charge is 0.309 e. The van der Waals surface area contributed by atoms with Gasteiger partial charge in [0, 0.05) is 5.56 Å². The van der Waals surface area contributed by atoms with Crippen molar-refractivity contribution in [3.63, 3.8) is 0 Å². The van der Waals surface area contributed by atoms with Crippen molar-refractivity contribution in [2.45, 2.75) is 33.2 Å². The van der Waals surface area contributed by atoms with Gasteiger partial charge in [0.1, 0.15) is 16.4 Å². The summed E-state index contributed by atoms with van der Waals surface area (Å²) in [6.07, 6.45) is 1.34. The molecule has 1 rings (SSSR count). The molecule has 0 aliphatic rings. The lowest BCUT2D eigenvalue weighted by Crippen LogP contribution is -2.19. The van der Waals surface area contributed by atoms with Crippen LogP contribution in [-0.2, 0) is 22.5 Å². The number of hydrogen-bond donors (Lipinski definition) is 1. The van der Waals surface area contributed by atoms with E-state index in [2.05, 4.69) is 10.0 Å². The summed E-state index contributed by atoms with van der Waals surface area (Å²) >= 11 is 0. The average molecular weight is 292 g/mol. The molecule has 0 amide bonds. The zero-order valence-corrected chi connectivity index (χ0v) is 12.8. The summed E-state index contributed by atoms with van der Waals surface area (Å²) in [5.41, 5.74) is 8.61. The molecule has 21 heavy (non-hydrogen) atoms. The molecular formula is C15H22N3O3+. The predicted molar refractivity (Wildman–Crippen MR) is 78.1 cm³/mol. The first-order valence-electron chi connectivity index (χ1n) is 7.01. The molecule has 0 aromatic heterocycles. The highest BCUT2D eigenvalue weighted by Crippen LogP contribution is 2.23. The maximum Gasteiger partial charge on any atom is 0.309 e. The van der Waals surface area contributed by atoms with E-state index in [0.717, 1.165) is 17.5 Å². The van der Waals surface area contributed by atoms with Gasteiger partial charge in [-0.1, -0.05) is 13.0 Å². The molecule has 6 heteroatoms. The Kier molecular flexibility index (Phi) is 7.12. The zero-order chi connectivity index (χ0) is 15.7. The van der Waals surface area contributed by atoms with E-state index in [0.29, 0.717) is 18.8 Å². The first-order chi connectivity index (χ1) is 10.2. The van der Waals surface area contributed by atoms with E-state index in [1.165, 1.54) is 0 Å². The van der Waals surface area contributed by atoms with E-state index in [-0.39, 0.29) is 18.4 Å². The monoisotopic (exact) mass is 292 g/mol. The van der Waals surface area contributed by atoms with Crippen molar-refractivity contribution in [2.75, 3.05) is 13.7 Å². The maximum absolute atomic E-state index is 11.9. The van der Waals surface area contributed by atoms with Gasteiger partial charge in [-0.15, -0.1) is 0 Å². The summed E-state index contributed by atoms with van der Waals surface area (Å²) < 4.78 is 10.3. The van der Waals surface area contributed by atoms with Gasteiger partial charge in [0.05, 0.1) is 19.6 Å². The summed E-state index contributed by atoms with van der Waals surface area (Å²) in [7, 11) is 1.59. The molecule has 0 spiro atoms. The fraction of sp³-hybridized carbons (Fsp3) is 0.533. The van der Waals surface area contributed by atoms with Crippen molar-refractivity contribution in [2.24, 2.45) is 11.0 Å². The lowest BCUT2D eigenvalue weighted by molar-refractivity contribution is -0.148. The van der Waals surface area contributed by atoms with Crippen molar-refractivity contribution < 1.29 is 14.3 Å². The molecule has 1 aromatic rings. The molecule has 0 aliphatic carbocycles. The van der Waals surface area contributed by atoms with Crippen LogP contribution in [0.5, 0.6) is 5.75 Å². The molecule has 0 saturated heterocycles. The summed E-state index contributed by atoms with van der Waals surface area (Å²) in [6.45, 7) is 4.46. The fourth-order valence-electron chi connectivity index (χ4n) is 2.13. The minimum Gasteiger partial charge on any atom is -0.496 e. The van der Waals surface area contributed by atoms with Gasteiger partial charge in [-0.2, -0.15) is 0 Å². The third-order valence-corrected chi connectivity index (χ3v) is 3.25. The Bertz CT molecular complexity index is 525. The molecule has 1 unspecified atom stereocenters. The molecule has 114 valence electrons. The Hall–Kier alpha value is -2.20. The molecule has 0 fully saturated rings. The van der Waals surface area contributed by atoms with Crippen LogP contribution in [0.3, 0.4) is 0 Å². The number of carbonyl (C=O) groups excluding carboxylic acids is 1. The van der Waals surface area contributed by atoms with Gasteiger partial charge in [0.15, 0.2) is 6.54 Å². The van der Waals surface area contributed by atoms with Gasteiger partial charge in [-0.3, -0.25) is 4.79 Å². The molecule has 6 nitrogen and oxygen atoms in total. The number of esters is 1. The molecule has 0 heterocycles. The number of carbonyl (C=O) groups is 1. The van der Waals surface area contributed by atoms with E-state index in [4.69, 9.17) is 15.0 Å². The molecule has 0 aliphatic heterocycles. The largest absolute Gasteiger partial charge is 0.496 e. The number of ether oxygens (including phenoxy) is 2. The quantitative estimate of drug-likeness (QED) is 0.454. The van der Waals surface area contributed by atoms with Crippen LogP contribution in [-0.4, -0.2) is 19.7 Å². The number of hydrogen-bond acceptors (Lipinski definition) is 5. The number of benzene rings is 1. The van der Waals surface area contributed by atoms with Gasteiger partial charge < -0.3 is 9.47 Å². The number of methoxy groups -OCH3 is 1. The Labute approximate surface area is 124 Å². The van der Waals surface area contributed by atoms with Crippen LogP contribution in [0.4, 0.5) is 0 Å². The summed E-state index contributed by atoms with van der Waals surface area (Å²) in [5.74, 6) is 0.391. The predicted octanol–water partition coefficient (Wildman–Crippen LogP) is 2.88. The molecule has 0 radical (unpaired) electrons. The van der Waals surface area contributed by atoms with Gasteiger partial charge in [0.25, 0.3) is 0 Å². The van der Waals surface area contributed by atoms with Crippen LogP contribution in [0.2, 0.25) is 0 Å². The molecular weight excluding hydrogens is 270 g/mol.